The second-order valence-electron chi connectivity index (χ2n) is 7.21. The van der Waals surface area contributed by atoms with Crippen LogP contribution >= 0.6 is 11.3 Å². The maximum atomic E-state index is 13.6. The summed E-state index contributed by atoms with van der Waals surface area (Å²) in [7, 11) is 0. The van der Waals surface area contributed by atoms with Gasteiger partial charge in [-0.3, -0.25) is 5.32 Å². The molecule has 1 N–H and O–H groups in total. The number of aromatic nitrogens is 2. The first-order chi connectivity index (χ1) is 14.5. The Morgan fingerprint density at radius 1 is 1.23 bits per heavy atom. The first-order valence-corrected chi connectivity index (χ1v) is 9.97. The van der Waals surface area contributed by atoms with Gasteiger partial charge in [0.05, 0.1) is 18.3 Å². The summed E-state index contributed by atoms with van der Waals surface area (Å²) >= 11 is 0.614. The number of alkyl halides is 3. The minimum Gasteiger partial charge on any atom is -0.393 e. The average molecular weight is 459 g/mol. The van der Waals surface area contributed by atoms with Gasteiger partial charge in [-0.2, -0.15) is 17.6 Å². The van der Waals surface area contributed by atoms with Crippen molar-refractivity contribution in [2.45, 2.75) is 33.0 Å². The van der Waals surface area contributed by atoms with E-state index in [-0.39, 0.29) is 29.0 Å². The minimum atomic E-state index is -4.83. The lowest BCUT2D eigenvalue weighted by atomic mass is 10.1. The molecule has 0 aliphatic rings. The van der Waals surface area contributed by atoms with E-state index in [4.69, 9.17) is 4.74 Å². The molecule has 2 aromatic heterocycles. The molecule has 2 heterocycles. The van der Waals surface area contributed by atoms with E-state index < -0.39 is 28.8 Å². The lowest BCUT2D eigenvalue weighted by molar-refractivity contribution is -0.140. The van der Waals surface area contributed by atoms with Crippen LogP contribution in [0.5, 0.6) is 5.88 Å². The second kappa shape index (κ2) is 9.04. The Morgan fingerprint density at radius 2 is 1.97 bits per heavy atom. The number of nitrogens with one attached hydrogen (secondary N) is 1. The Balaban J connectivity index is 1.85. The summed E-state index contributed by atoms with van der Waals surface area (Å²) in [6.07, 6.45) is -2.53. The van der Waals surface area contributed by atoms with Crippen LogP contribution in [-0.2, 0) is 19.1 Å². The lowest BCUT2D eigenvalue weighted by Gasteiger charge is -2.12. The first kappa shape index (κ1) is 22.7. The van der Waals surface area contributed by atoms with Crippen LogP contribution in [-0.4, -0.2) is 15.6 Å². The van der Waals surface area contributed by atoms with Crippen molar-refractivity contribution in [2.24, 2.45) is 5.92 Å². The van der Waals surface area contributed by atoms with Gasteiger partial charge in [0.25, 0.3) is 0 Å². The zero-order valence-electron chi connectivity index (χ0n) is 16.5. The Kier molecular flexibility index (Phi) is 6.63. The van der Waals surface area contributed by atoms with Crippen molar-refractivity contribution in [2.75, 3.05) is 5.32 Å². The van der Waals surface area contributed by atoms with Crippen LogP contribution in [0.3, 0.4) is 0 Å². The summed E-state index contributed by atoms with van der Waals surface area (Å²) in [5.74, 6) is -1.02. The van der Waals surface area contributed by atoms with Crippen molar-refractivity contribution in [3.05, 3.63) is 64.3 Å². The van der Waals surface area contributed by atoms with E-state index in [1.165, 1.54) is 10.6 Å². The summed E-state index contributed by atoms with van der Waals surface area (Å²) in [5, 5.41) is 1.69. The average Bonchev–Trinajstić information content (AvgIpc) is 3.20. The van der Waals surface area contributed by atoms with Crippen LogP contribution in [0.4, 0.5) is 31.9 Å². The third-order valence-corrected chi connectivity index (χ3v) is 4.83. The molecule has 31 heavy (non-hydrogen) atoms. The van der Waals surface area contributed by atoms with E-state index in [0.29, 0.717) is 17.8 Å². The van der Waals surface area contributed by atoms with Gasteiger partial charge in [-0.05, 0) is 35.6 Å². The molecule has 0 spiro atoms. The normalized spacial score (nSPS) is 11.7. The number of carbonyl (C=O) groups excluding carboxylic acids is 1. The number of hydrogen-bond donors (Lipinski definition) is 1. The first-order valence-electron chi connectivity index (χ1n) is 9.16. The van der Waals surface area contributed by atoms with Gasteiger partial charge in [-0.25, -0.2) is 14.2 Å². The second-order valence-corrected chi connectivity index (χ2v) is 8.19. The molecule has 3 aromatic rings. The predicted octanol–water partition coefficient (Wildman–Crippen LogP) is 6.10. The quantitative estimate of drug-likeness (QED) is 0.453. The number of ether oxygens (including phenoxy) is 1. The molecule has 11 heteroatoms. The van der Waals surface area contributed by atoms with E-state index in [9.17, 15) is 26.7 Å². The van der Waals surface area contributed by atoms with Crippen LogP contribution in [0.2, 0.25) is 0 Å². The summed E-state index contributed by atoms with van der Waals surface area (Å²) in [6.45, 7) is 3.88. The maximum Gasteiger partial charge on any atom is 0.420 e. The van der Waals surface area contributed by atoms with Crippen molar-refractivity contribution in [3.63, 3.8) is 0 Å². The number of rotatable bonds is 6. The number of anilines is 1. The van der Waals surface area contributed by atoms with Crippen molar-refractivity contribution < 1.29 is 31.5 Å². The van der Waals surface area contributed by atoms with Crippen LogP contribution < -0.4 is 10.1 Å². The predicted molar refractivity (Wildman–Crippen MR) is 105 cm³/mol. The summed E-state index contributed by atoms with van der Waals surface area (Å²) < 4.78 is 72.4. The molecular weight excluding hydrogens is 441 g/mol. The highest BCUT2D eigenvalue weighted by Crippen LogP contribution is 2.32. The molecule has 0 radical (unpaired) electrons. The van der Waals surface area contributed by atoms with Gasteiger partial charge in [0.2, 0.25) is 5.88 Å². The highest BCUT2D eigenvalue weighted by molar-refractivity contribution is 7.14. The monoisotopic (exact) mass is 459 g/mol. The fraction of sp³-hybridized carbons (Fsp3) is 0.300. The van der Waals surface area contributed by atoms with Gasteiger partial charge < -0.3 is 9.30 Å². The Morgan fingerprint density at radius 3 is 2.58 bits per heavy atom. The molecule has 5 nitrogen and oxygen atoms in total. The highest BCUT2D eigenvalue weighted by atomic mass is 32.1. The van der Waals surface area contributed by atoms with E-state index in [0.717, 1.165) is 23.9 Å². The van der Waals surface area contributed by atoms with Crippen LogP contribution in [0, 0.1) is 16.9 Å². The number of nitrogens with zero attached hydrogens (tertiary/aromatic N) is 2. The molecule has 0 aliphatic carbocycles. The smallest absolute Gasteiger partial charge is 0.393 e. The van der Waals surface area contributed by atoms with Crippen LogP contribution in [0.1, 0.15) is 30.5 Å². The van der Waals surface area contributed by atoms with Gasteiger partial charge in [-0.1, -0.05) is 31.3 Å². The lowest BCUT2D eigenvalue weighted by Crippen LogP contribution is -2.18. The molecule has 1 aromatic carbocycles. The number of thiazole rings is 1. The number of hydrogen-bond acceptors (Lipinski definition) is 4. The molecule has 3 rings (SSSR count). The van der Waals surface area contributed by atoms with Crippen molar-refractivity contribution in [3.8, 4) is 5.88 Å². The Bertz CT molecular complexity index is 1080. The standard InChI is InChI=1S/C20H18F5N3O2S/c1-11(2)5-13-7-17(30-19(29)27-18-26-8-16(22)31-18)28(10-13)9-12-3-4-15(21)14(6-12)20(23,24)25/h3-4,6-8,10-11H,5,9H2,1-2H3,(H,26,27,29). The largest absolute Gasteiger partial charge is 0.420 e. The number of amides is 1. The molecule has 0 saturated heterocycles. The van der Waals surface area contributed by atoms with Crippen molar-refractivity contribution in [1.29, 1.82) is 0 Å². The van der Waals surface area contributed by atoms with Crippen molar-refractivity contribution >= 4 is 22.6 Å². The maximum absolute atomic E-state index is 13.6. The summed E-state index contributed by atoms with van der Waals surface area (Å²) in [4.78, 5) is 15.8. The van der Waals surface area contributed by atoms with Gasteiger partial charge in [0.1, 0.15) is 5.82 Å². The summed E-state index contributed by atoms with van der Waals surface area (Å²) in [6, 6.07) is 4.30. The van der Waals surface area contributed by atoms with E-state index in [2.05, 4.69) is 10.3 Å². The molecule has 0 bridgehead atoms. The van der Waals surface area contributed by atoms with E-state index in [1.807, 2.05) is 13.8 Å². The third kappa shape index (κ3) is 6.03. The molecule has 1 amide bonds. The molecule has 0 atom stereocenters. The van der Waals surface area contributed by atoms with Crippen LogP contribution in [0.25, 0.3) is 0 Å². The Labute approximate surface area is 178 Å². The van der Waals surface area contributed by atoms with Gasteiger partial charge in [0.15, 0.2) is 10.3 Å². The number of carbonyl (C=O) groups is 1. The fourth-order valence-electron chi connectivity index (χ4n) is 2.94. The SMILES string of the molecule is CC(C)Cc1cc(OC(=O)Nc2ncc(F)s2)n(Cc2ccc(F)c(C(F)(F)F)c2)c1. The highest BCUT2D eigenvalue weighted by Gasteiger charge is 2.34. The zero-order valence-corrected chi connectivity index (χ0v) is 17.3. The topological polar surface area (TPSA) is 56.1 Å². The molecular formula is C20H18F5N3O2S. The van der Waals surface area contributed by atoms with Gasteiger partial charge in [-0.15, -0.1) is 0 Å². The number of benzene rings is 1. The number of halogens is 5. The molecule has 166 valence electrons. The van der Waals surface area contributed by atoms with E-state index >= 15 is 0 Å². The van der Waals surface area contributed by atoms with Crippen LogP contribution in [0.15, 0.2) is 36.7 Å². The Hall–Kier alpha value is -2.95. The summed E-state index contributed by atoms with van der Waals surface area (Å²) in [5.41, 5.74) is -0.394. The zero-order chi connectivity index (χ0) is 22.8. The van der Waals surface area contributed by atoms with Gasteiger partial charge >= 0.3 is 12.3 Å². The minimum absolute atomic E-state index is 0.00337. The molecule has 0 saturated carbocycles. The van der Waals surface area contributed by atoms with Gasteiger partial charge in [0, 0.05) is 12.3 Å². The van der Waals surface area contributed by atoms with E-state index in [1.54, 1.807) is 12.3 Å². The molecule has 0 fully saturated rings. The molecule has 0 aliphatic heterocycles. The molecule has 0 unspecified atom stereocenters. The third-order valence-electron chi connectivity index (χ3n) is 4.13. The fourth-order valence-corrected chi connectivity index (χ4v) is 3.47. The van der Waals surface area contributed by atoms with Crippen molar-refractivity contribution in [1.82, 2.24) is 9.55 Å².